The van der Waals surface area contributed by atoms with E-state index in [-0.39, 0.29) is 17.2 Å². The van der Waals surface area contributed by atoms with Crippen molar-refractivity contribution in [3.05, 3.63) is 24.2 Å². The van der Waals surface area contributed by atoms with Crippen LogP contribution in [0.5, 0.6) is 0 Å². The SMILES string of the molecule is O=C(NC(NC1CCC(Cl)CC1)C(Cl)(Cl)Cl)c1ccco1. The molecule has 1 fully saturated rings. The maximum atomic E-state index is 12.0. The van der Waals surface area contributed by atoms with Gasteiger partial charge in [-0.25, -0.2) is 0 Å². The van der Waals surface area contributed by atoms with Crippen LogP contribution >= 0.6 is 46.4 Å². The molecular formula is C13H16Cl4N2O2. The number of hydrogen-bond donors (Lipinski definition) is 2. The molecule has 1 aromatic rings. The van der Waals surface area contributed by atoms with E-state index in [4.69, 9.17) is 50.8 Å². The monoisotopic (exact) mass is 372 g/mol. The first-order valence-electron chi connectivity index (χ1n) is 6.67. The van der Waals surface area contributed by atoms with Gasteiger partial charge in [0.15, 0.2) is 5.76 Å². The van der Waals surface area contributed by atoms with E-state index >= 15 is 0 Å². The molecule has 1 atom stereocenters. The molecule has 1 aliphatic carbocycles. The minimum Gasteiger partial charge on any atom is -0.459 e. The molecule has 1 aromatic heterocycles. The third kappa shape index (κ3) is 5.22. The van der Waals surface area contributed by atoms with Crippen LogP contribution in [0.15, 0.2) is 22.8 Å². The fourth-order valence-corrected chi connectivity index (χ4v) is 2.89. The first-order valence-corrected chi connectivity index (χ1v) is 8.24. The topological polar surface area (TPSA) is 54.3 Å². The van der Waals surface area contributed by atoms with Crippen molar-refractivity contribution in [3.8, 4) is 0 Å². The predicted octanol–water partition coefficient (Wildman–Crippen LogP) is 3.85. The van der Waals surface area contributed by atoms with Crippen molar-refractivity contribution in [2.75, 3.05) is 0 Å². The number of hydrogen-bond acceptors (Lipinski definition) is 3. The Morgan fingerprint density at radius 3 is 2.48 bits per heavy atom. The minimum absolute atomic E-state index is 0.150. The number of carbonyl (C=O) groups excluding carboxylic acids is 1. The lowest BCUT2D eigenvalue weighted by atomic mass is 9.95. The summed E-state index contributed by atoms with van der Waals surface area (Å²) in [5.74, 6) is -0.268. The zero-order valence-corrected chi connectivity index (χ0v) is 14.1. The van der Waals surface area contributed by atoms with Crippen molar-refractivity contribution in [1.82, 2.24) is 10.6 Å². The second-order valence-electron chi connectivity index (χ2n) is 5.04. The van der Waals surface area contributed by atoms with Crippen LogP contribution in [0.25, 0.3) is 0 Å². The number of carbonyl (C=O) groups is 1. The second kappa shape index (κ2) is 7.42. The zero-order valence-electron chi connectivity index (χ0n) is 11.1. The Kier molecular flexibility index (Phi) is 6.09. The molecule has 1 saturated carbocycles. The van der Waals surface area contributed by atoms with Gasteiger partial charge in [0.1, 0.15) is 6.17 Å². The molecule has 4 nitrogen and oxygen atoms in total. The van der Waals surface area contributed by atoms with Crippen LogP contribution in [-0.4, -0.2) is 27.3 Å². The maximum Gasteiger partial charge on any atom is 0.288 e. The van der Waals surface area contributed by atoms with Gasteiger partial charge in [0.25, 0.3) is 5.91 Å². The van der Waals surface area contributed by atoms with Crippen LogP contribution in [0.2, 0.25) is 0 Å². The van der Waals surface area contributed by atoms with Gasteiger partial charge in [0, 0.05) is 11.4 Å². The molecule has 8 heteroatoms. The Morgan fingerprint density at radius 1 is 1.29 bits per heavy atom. The van der Waals surface area contributed by atoms with Gasteiger partial charge >= 0.3 is 0 Å². The standard InChI is InChI=1S/C13H16Cl4N2O2/c14-8-3-5-9(6-4-8)18-12(13(15,16)17)19-11(20)10-2-1-7-21-10/h1-2,7-9,12,18H,3-6H2,(H,19,20). The highest BCUT2D eigenvalue weighted by atomic mass is 35.6. The summed E-state index contributed by atoms with van der Waals surface area (Å²) in [6.45, 7) is 0. The Balaban J connectivity index is 1.97. The summed E-state index contributed by atoms with van der Waals surface area (Å²) in [7, 11) is 0. The van der Waals surface area contributed by atoms with Gasteiger partial charge in [0.2, 0.25) is 3.79 Å². The third-order valence-corrected chi connectivity index (χ3v) is 4.50. The van der Waals surface area contributed by atoms with Crippen LogP contribution in [0.4, 0.5) is 0 Å². The molecule has 118 valence electrons. The van der Waals surface area contributed by atoms with E-state index in [9.17, 15) is 4.79 Å². The molecular weight excluding hydrogens is 358 g/mol. The van der Waals surface area contributed by atoms with Gasteiger partial charge < -0.3 is 9.73 Å². The summed E-state index contributed by atoms with van der Waals surface area (Å²) in [5.41, 5.74) is 0. The summed E-state index contributed by atoms with van der Waals surface area (Å²) in [6, 6.07) is 3.32. The summed E-state index contributed by atoms with van der Waals surface area (Å²) < 4.78 is 3.36. The van der Waals surface area contributed by atoms with Crippen LogP contribution < -0.4 is 10.6 Å². The summed E-state index contributed by atoms with van der Waals surface area (Å²) in [6.07, 6.45) is 4.16. The Morgan fingerprint density at radius 2 is 1.95 bits per heavy atom. The Labute approximate surface area is 143 Å². The fraction of sp³-hybridized carbons (Fsp3) is 0.615. The molecule has 0 radical (unpaired) electrons. The summed E-state index contributed by atoms with van der Waals surface area (Å²) >= 11 is 23.9. The smallest absolute Gasteiger partial charge is 0.288 e. The first-order chi connectivity index (χ1) is 9.86. The van der Waals surface area contributed by atoms with E-state index in [2.05, 4.69) is 10.6 Å². The van der Waals surface area contributed by atoms with Crippen molar-refractivity contribution in [1.29, 1.82) is 0 Å². The van der Waals surface area contributed by atoms with Gasteiger partial charge in [0.05, 0.1) is 6.26 Å². The van der Waals surface area contributed by atoms with Crippen molar-refractivity contribution < 1.29 is 9.21 Å². The van der Waals surface area contributed by atoms with E-state index in [0.717, 1.165) is 25.7 Å². The largest absolute Gasteiger partial charge is 0.459 e. The molecule has 0 aromatic carbocycles. The van der Waals surface area contributed by atoms with E-state index in [0.29, 0.717) is 0 Å². The summed E-state index contributed by atoms with van der Waals surface area (Å²) in [4.78, 5) is 12.0. The summed E-state index contributed by atoms with van der Waals surface area (Å²) in [5, 5.41) is 6.03. The molecule has 2 rings (SSSR count). The van der Waals surface area contributed by atoms with E-state index in [1.165, 1.54) is 6.26 Å². The van der Waals surface area contributed by atoms with E-state index in [1.54, 1.807) is 12.1 Å². The van der Waals surface area contributed by atoms with Gasteiger partial charge in [-0.15, -0.1) is 11.6 Å². The maximum absolute atomic E-state index is 12.0. The highest BCUT2D eigenvalue weighted by Gasteiger charge is 2.36. The van der Waals surface area contributed by atoms with Crippen LogP contribution in [0.1, 0.15) is 36.2 Å². The van der Waals surface area contributed by atoms with Crippen molar-refractivity contribution in [2.24, 2.45) is 0 Å². The van der Waals surface area contributed by atoms with Crippen molar-refractivity contribution in [3.63, 3.8) is 0 Å². The van der Waals surface area contributed by atoms with E-state index < -0.39 is 15.9 Å². The Bertz CT molecular complexity index is 453. The molecule has 0 bridgehead atoms. The number of halogens is 4. The van der Waals surface area contributed by atoms with Crippen LogP contribution in [0, 0.1) is 0 Å². The lowest BCUT2D eigenvalue weighted by Gasteiger charge is -2.33. The molecule has 0 saturated heterocycles. The zero-order chi connectivity index (χ0) is 15.5. The molecule has 1 aliphatic rings. The molecule has 1 amide bonds. The number of alkyl halides is 4. The number of nitrogens with one attached hydrogen (secondary N) is 2. The lowest BCUT2D eigenvalue weighted by Crippen LogP contribution is -2.57. The first kappa shape index (κ1) is 17.2. The van der Waals surface area contributed by atoms with Crippen LogP contribution in [-0.2, 0) is 0 Å². The van der Waals surface area contributed by atoms with E-state index in [1.807, 2.05) is 0 Å². The van der Waals surface area contributed by atoms with Crippen molar-refractivity contribution in [2.45, 2.75) is 47.1 Å². The third-order valence-electron chi connectivity index (χ3n) is 3.41. The minimum atomic E-state index is -1.67. The predicted molar refractivity (Wildman–Crippen MR) is 85.3 cm³/mol. The molecule has 2 N–H and O–H groups in total. The molecule has 21 heavy (non-hydrogen) atoms. The number of furan rings is 1. The van der Waals surface area contributed by atoms with Gasteiger partial charge in [-0.1, -0.05) is 34.8 Å². The number of rotatable bonds is 4. The average Bonchev–Trinajstić information content (AvgIpc) is 2.93. The normalized spacial score (nSPS) is 24.6. The van der Waals surface area contributed by atoms with Gasteiger partial charge in [-0.05, 0) is 37.8 Å². The lowest BCUT2D eigenvalue weighted by molar-refractivity contribution is 0.0896. The van der Waals surface area contributed by atoms with Crippen molar-refractivity contribution >= 4 is 52.3 Å². The van der Waals surface area contributed by atoms with Gasteiger partial charge in [-0.3, -0.25) is 10.1 Å². The molecule has 0 aliphatic heterocycles. The quantitative estimate of drug-likeness (QED) is 0.622. The highest BCUT2D eigenvalue weighted by molar-refractivity contribution is 6.68. The van der Waals surface area contributed by atoms with Gasteiger partial charge in [-0.2, -0.15) is 0 Å². The molecule has 0 spiro atoms. The molecule has 1 unspecified atom stereocenters. The highest BCUT2D eigenvalue weighted by Crippen LogP contribution is 2.31. The van der Waals surface area contributed by atoms with Crippen LogP contribution in [0.3, 0.4) is 0 Å². The second-order valence-corrected chi connectivity index (χ2v) is 8.03. The fourth-order valence-electron chi connectivity index (χ4n) is 2.28. The average molecular weight is 374 g/mol. The Hall–Kier alpha value is -0.130. The number of amides is 1. The molecule has 1 heterocycles.